The quantitative estimate of drug-likeness (QED) is 0.761. The van der Waals surface area contributed by atoms with Gasteiger partial charge in [-0.05, 0) is 36.1 Å². The summed E-state index contributed by atoms with van der Waals surface area (Å²) in [6.45, 7) is 3.21. The smallest absolute Gasteiger partial charge is 0.0488 e. The van der Waals surface area contributed by atoms with Crippen molar-refractivity contribution in [2.45, 2.75) is 26.2 Å². The second-order valence-corrected chi connectivity index (χ2v) is 5.35. The SMILES string of the molecule is CCCCc1ccc(C2=C3C=CC=CN3CC=C2)cc1. The van der Waals surface area contributed by atoms with Crippen LogP contribution in [-0.2, 0) is 6.42 Å². The Balaban J connectivity index is 1.88. The van der Waals surface area contributed by atoms with Gasteiger partial charge in [0.2, 0.25) is 0 Å². The van der Waals surface area contributed by atoms with Crippen LogP contribution in [0.15, 0.2) is 66.5 Å². The molecule has 1 aromatic carbocycles. The fraction of sp³-hybridized carbons (Fsp3) is 0.263. The molecule has 20 heavy (non-hydrogen) atoms. The summed E-state index contributed by atoms with van der Waals surface area (Å²) in [5, 5.41) is 0. The summed E-state index contributed by atoms with van der Waals surface area (Å²) in [5.74, 6) is 0. The van der Waals surface area contributed by atoms with Crippen molar-refractivity contribution < 1.29 is 0 Å². The van der Waals surface area contributed by atoms with Crippen LogP contribution >= 0.6 is 0 Å². The number of rotatable bonds is 4. The second kappa shape index (κ2) is 5.96. The molecule has 0 amide bonds. The fourth-order valence-electron chi connectivity index (χ4n) is 2.73. The molecule has 102 valence electrons. The van der Waals surface area contributed by atoms with Crippen molar-refractivity contribution in [2.75, 3.05) is 6.54 Å². The molecule has 2 aliphatic rings. The maximum absolute atomic E-state index is 2.29. The first-order chi connectivity index (χ1) is 9.88. The maximum atomic E-state index is 2.29. The molecule has 0 spiro atoms. The standard InChI is InChI=1S/C19H21N/c1-2-3-7-16-10-12-17(13-11-16)18-8-6-15-20-14-5-4-9-19(18)20/h4-6,8-14H,2-3,7,15H2,1H3. The monoisotopic (exact) mass is 263 g/mol. The minimum atomic E-state index is 0.967. The van der Waals surface area contributed by atoms with Crippen LogP contribution in [0.4, 0.5) is 0 Å². The summed E-state index contributed by atoms with van der Waals surface area (Å²) in [5.41, 5.74) is 5.37. The number of hydrogen-bond donors (Lipinski definition) is 0. The van der Waals surface area contributed by atoms with Crippen molar-refractivity contribution >= 4 is 5.57 Å². The molecule has 0 saturated heterocycles. The number of unbranched alkanes of at least 4 members (excludes halogenated alkanes) is 1. The number of hydrogen-bond acceptors (Lipinski definition) is 1. The predicted molar refractivity (Wildman–Crippen MR) is 86.1 cm³/mol. The van der Waals surface area contributed by atoms with E-state index in [1.165, 1.54) is 41.7 Å². The number of allylic oxidation sites excluding steroid dienone is 5. The Labute approximate surface area is 121 Å². The molecule has 0 atom stereocenters. The second-order valence-electron chi connectivity index (χ2n) is 5.35. The molecule has 0 aliphatic carbocycles. The van der Waals surface area contributed by atoms with E-state index in [4.69, 9.17) is 0 Å². The molecule has 0 N–H and O–H groups in total. The highest BCUT2D eigenvalue weighted by molar-refractivity contribution is 5.79. The fourth-order valence-corrected chi connectivity index (χ4v) is 2.73. The van der Waals surface area contributed by atoms with Gasteiger partial charge in [0.25, 0.3) is 0 Å². The Morgan fingerprint density at radius 3 is 2.70 bits per heavy atom. The molecule has 0 fully saturated rings. The van der Waals surface area contributed by atoms with E-state index < -0.39 is 0 Å². The van der Waals surface area contributed by atoms with Gasteiger partial charge in [-0.2, -0.15) is 0 Å². The zero-order valence-electron chi connectivity index (χ0n) is 12.0. The number of nitrogens with zero attached hydrogens (tertiary/aromatic N) is 1. The average molecular weight is 263 g/mol. The van der Waals surface area contributed by atoms with Crippen LogP contribution in [0.1, 0.15) is 30.9 Å². The highest BCUT2D eigenvalue weighted by Gasteiger charge is 2.15. The van der Waals surface area contributed by atoms with E-state index in [1.807, 2.05) is 0 Å². The third-order valence-corrected chi connectivity index (χ3v) is 3.89. The summed E-state index contributed by atoms with van der Waals surface area (Å²) in [6.07, 6.45) is 16.7. The Hall–Kier alpha value is -2.02. The first-order valence-corrected chi connectivity index (χ1v) is 7.50. The van der Waals surface area contributed by atoms with Crippen LogP contribution in [0.2, 0.25) is 0 Å². The van der Waals surface area contributed by atoms with E-state index in [-0.39, 0.29) is 0 Å². The molecular formula is C19H21N. The van der Waals surface area contributed by atoms with E-state index >= 15 is 0 Å². The third-order valence-electron chi connectivity index (χ3n) is 3.89. The van der Waals surface area contributed by atoms with Crippen molar-refractivity contribution in [1.29, 1.82) is 0 Å². The number of aryl methyl sites for hydroxylation is 1. The third kappa shape index (κ3) is 2.62. The van der Waals surface area contributed by atoms with Crippen LogP contribution in [-0.4, -0.2) is 11.4 Å². The minimum Gasteiger partial charge on any atom is -0.344 e. The molecule has 2 heterocycles. The van der Waals surface area contributed by atoms with Gasteiger partial charge in [-0.15, -0.1) is 0 Å². The molecule has 2 aliphatic heterocycles. The van der Waals surface area contributed by atoms with Gasteiger partial charge in [0.05, 0.1) is 0 Å². The number of fused-ring (bicyclic) bond motifs is 1. The first kappa shape index (κ1) is 13.0. The van der Waals surface area contributed by atoms with Crippen molar-refractivity contribution in [1.82, 2.24) is 4.90 Å². The van der Waals surface area contributed by atoms with Gasteiger partial charge >= 0.3 is 0 Å². The molecule has 0 saturated carbocycles. The molecule has 1 heteroatoms. The van der Waals surface area contributed by atoms with Gasteiger partial charge in [-0.3, -0.25) is 0 Å². The molecular weight excluding hydrogens is 242 g/mol. The van der Waals surface area contributed by atoms with Gasteiger partial charge in [0.1, 0.15) is 0 Å². The molecule has 3 rings (SSSR count). The van der Waals surface area contributed by atoms with Crippen LogP contribution in [0.25, 0.3) is 5.57 Å². The van der Waals surface area contributed by atoms with Crippen molar-refractivity contribution in [3.05, 3.63) is 77.7 Å². The highest BCUT2D eigenvalue weighted by Crippen LogP contribution is 2.29. The molecule has 1 nitrogen and oxygen atoms in total. The van der Waals surface area contributed by atoms with Crippen molar-refractivity contribution in [2.24, 2.45) is 0 Å². The van der Waals surface area contributed by atoms with Crippen LogP contribution in [0, 0.1) is 0 Å². The predicted octanol–water partition coefficient (Wildman–Crippen LogP) is 4.70. The Bertz CT molecular complexity index is 585. The Morgan fingerprint density at radius 1 is 1.05 bits per heavy atom. The Morgan fingerprint density at radius 2 is 1.90 bits per heavy atom. The molecule has 0 radical (unpaired) electrons. The zero-order valence-corrected chi connectivity index (χ0v) is 12.0. The summed E-state index contributed by atoms with van der Waals surface area (Å²) >= 11 is 0. The van der Waals surface area contributed by atoms with Gasteiger partial charge in [0.15, 0.2) is 0 Å². The summed E-state index contributed by atoms with van der Waals surface area (Å²) in [6, 6.07) is 9.06. The van der Waals surface area contributed by atoms with E-state index in [1.54, 1.807) is 0 Å². The lowest BCUT2D eigenvalue weighted by Crippen LogP contribution is -2.20. The minimum absolute atomic E-state index is 0.967. The van der Waals surface area contributed by atoms with Crippen LogP contribution in [0.3, 0.4) is 0 Å². The van der Waals surface area contributed by atoms with E-state index in [9.17, 15) is 0 Å². The average Bonchev–Trinajstić information content (AvgIpc) is 2.53. The lowest BCUT2D eigenvalue weighted by molar-refractivity contribution is 0.527. The van der Waals surface area contributed by atoms with Crippen molar-refractivity contribution in [3.63, 3.8) is 0 Å². The molecule has 0 unspecified atom stereocenters. The molecule has 0 aromatic heterocycles. The largest absolute Gasteiger partial charge is 0.344 e. The van der Waals surface area contributed by atoms with Gasteiger partial charge < -0.3 is 4.90 Å². The van der Waals surface area contributed by atoms with Crippen LogP contribution in [0.5, 0.6) is 0 Å². The van der Waals surface area contributed by atoms with E-state index in [0.717, 1.165) is 6.54 Å². The highest BCUT2D eigenvalue weighted by atomic mass is 15.1. The lowest BCUT2D eigenvalue weighted by atomic mass is 9.97. The topological polar surface area (TPSA) is 3.24 Å². The zero-order chi connectivity index (χ0) is 13.8. The normalized spacial score (nSPS) is 16.8. The molecule has 0 bridgehead atoms. The maximum Gasteiger partial charge on any atom is 0.0488 e. The van der Waals surface area contributed by atoms with E-state index in [0.29, 0.717) is 0 Å². The van der Waals surface area contributed by atoms with Gasteiger partial charge in [0, 0.05) is 24.0 Å². The number of benzene rings is 1. The van der Waals surface area contributed by atoms with Crippen molar-refractivity contribution in [3.8, 4) is 0 Å². The Kier molecular flexibility index (Phi) is 3.87. The summed E-state index contributed by atoms with van der Waals surface area (Å²) in [7, 11) is 0. The van der Waals surface area contributed by atoms with Gasteiger partial charge in [-0.25, -0.2) is 0 Å². The van der Waals surface area contributed by atoms with E-state index in [2.05, 4.69) is 72.7 Å². The summed E-state index contributed by atoms with van der Waals surface area (Å²) in [4.78, 5) is 2.29. The lowest BCUT2D eigenvalue weighted by Gasteiger charge is -2.28. The van der Waals surface area contributed by atoms with Crippen LogP contribution < -0.4 is 0 Å². The van der Waals surface area contributed by atoms with Gasteiger partial charge in [-0.1, -0.05) is 55.8 Å². The first-order valence-electron chi connectivity index (χ1n) is 7.50. The summed E-state index contributed by atoms with van der Waals surface area (Å²) < 4.78 is 0. The molecule has 1 aromatic rings.